The van der Waals surface area contributed by atoms with Gasteiger partial charge in [-0.25, -0.2) is 54.3 Å². The lowest BCUT2D eigenvalue weighted by Gasteiger charge is -2.34. The standard InChI is InChI=1S/C35H32F2N8O4S.C33H30F2N6O4S/c1-5-44-15-19(14-39-44)34-32(35(46)38-2)23-11-22(28(13-30(23)49-34)42(3)50(4,47)48)25-9-10-26-33(41-25)29-12-21-24(37)7-6-8-27(21)45(29)31(40-26)18-43-16-20(36)17-43;1-36-33(42)30-21-11-20(26(39(2)46(3,43)44)13-28(21)45-32(30)17-7-8-17)23-9-10-24-31(38-23)27-12-19-22(35)5-4-6-25(19)41(27)29(37-24)16-40-14-18(34)15-40/h6-15,20H,5,16-18H2,1-4H3,(H,38,46);4-6,9-13,17-18H,7-8,14-16H2,1-3H3,(H,36,42). The second-order valence-corrected chi connectivity index (χ2v) is 28.7. The van der Waals surface area contributed by atoms with Crippen LogP contribution in [0.5, 0.6) is 0 Å². The predicted molar refractivity (Wildman–Crippen MR) is 359 cm³/mol. The van der Waals surface area contributed by atoms with Crippen molar-refractivity contribution in [2.24, 2.45) is 0 Å². The number of alkyl halides is 2. The third kappa shape index (κ3) is 10.6. The molecule has 9 aromatic heterocycles. The summed E-state index contributed by atoms with van der Waals surface area (Å²) in [7, 11) is -1.50. The molecule has 0 atom stereocenters. The first-order valence-electron chi connectivity index (χ1n) is 31.0. The van der Waals surface area contributed by atoms with Gasteiger partial charge >= 0.3 is 0 Å². The van der Waals surface area contributed by atoms with E-state index in [4.69, 9.17) is 28.8 Å². The summed E-state index contributed by atoms with van der Waals surface area (Å²) in [5, 5.41) is 11.5. The zero-order valence-electron chi connectivity index (χ0n) is 52.9. The number of benzene rings is 4. The first kappa shape index (κ1) is 62.1. The first-order valence-corrected chi connectivity index (χ1v) is 34.7. The summed E-state index contributed by atoms with van der Waals surface area (Å²) in [5.41, 5.74) is 8.70. The summed E-state index contributed by atoms with van der Waals surface area (Å²) >= 11 is 0. The molecule has 16 rings (SSSR count). The van der Waals surface area contributed by atoms with Gasteiger partial charge in [-0.2, -0.15) is 5.10 Å². The minimum atomic E-state index is -3.77. The maximum absolute atomic E-state index is 15.1. The minimum absolute atomic E-state index is 0.127. The van der Waals surface area contributed by atoms with Crippen molar-refractivity contribution in [3.63, 3.8) is 0 Å². The van der Waals surface area contributed by atoms with Gasteiger partial charge in [-0.15, -0.1) is 0 Å². The van der Waals surface area contributed by atoms with E-state index in [2.05, 4.69) is 15.7 Å². The quantitative estimate of drug-likeness (QED) is 0.0907. The van der Waals surface area contributed by atoms with Crippen LogP contribution in [0.1, 0.15) is 63.8 Å². The summed E-state index contributed by atoms with van der Waals surface area (Å²) in [5.74, 6) is 0.770. The molecule has 96 heavy (non-hydrogen) atoms. The van der Waals surface area contributed by atoms with Gasteiger partial charge in [0, 0.05) is 118 Å². The van der Waals surface area contributed by atoms with Gasteiger partial charge < -0.3 is 19.5 Å². The third-order valence-electron chi connectivity index (χ3n) is 18.3. The maximum Gasteiger partial charge on any atom is 0.255 e. The number of fused-ring (bicyclic) bond motifs is 12. The van der Waals surface area contributed by atoms with Gasteiger partial charge in [-0.1, -0.05) is 12.1 Å². The molecule has 2 N–H and O–H groups in total. The Balaban J connectivity index is 0.000000158. The fraction of sp³-hybridized carbons (Fsp3) is 0.279. The van der Waals surface area contributed by atoms with Crippen molar-refractivity contribution >= 4 is 120 Å². The fourth-order valence-corrected chi connectivity index (χ4v) is 14.1. The van der Waals surface area contributed by atoms with Crippen molar-refractivity contribution in [3.05, 3.63) is 150 Å². The number of carbonyl (C=O) groups excluding carboxylic acids is 2. The van der Waals surface area contributed by atoms with E-state index in [1.165, 1.54) is 33.3 Å². The number of nitrogens with zero attached hydrogens (tertiary/aromatic N) is 12. The van der Waals surface area contributed by atoms with E-state index in [9.17, 15) is 35.2 Å². The summed E-state index contributed by atoms with van der Waals surface area (Å²) in [4.78, 5) is 50.2. The molecule has 2 saturated heterocycles. The molecule has 28 heteroatoms. The van der Waals surface area contributed by atoms with Crippen LogP contribution in [0.2, 0.25) is 0 Å². The van der Waals surface area contributed by atoms with E-state index in [1.807, 2.05) is 31.6 Å². The number of hydrogen-bond acceptors (Lipinski definition) is 15. The van der Waals surface area contributed by atoms with Crippen molar-refractivity contribution in [3.8, 4) is 33.8 Å². The Morgan fingerprint density at radius 1 is 0.604 bits per heavy atom. The Bertz CT molecular complexity index is 5680. The molecule has 22 nitrogen and oxygen atoms in total. The molecule has 492 valence electrons. The molecule has 0 bridgehead atoms. The van der Waals surface area contributed by atoms with Gasteiger partial charge in [0.15, 0.2) is 5.76 Å². The lowest BCUT2D eigenvalue weighted by atomic mass is 10.0. The van der Waals surface area contributed by atoms with Crippen molar-refractivity contribution in [2.75, 3.05) is 75.5 Å². The lowest BCUT2D eigenvalue weighted by Crippen LogP contribution is -2.47. The minimum Gasteiger partial charge on any atom is -0.460 e. The van der Waals surface area contributed by atoms with Crippen LogP contribution in [0.3, 0.4) is 0 Å². The highest BCUT2D eigenvalue weighted by Crippen LogP contribution is 2.48. The highest BCUT2D eigenvalue weighted by Gasteiger charge is 2.36. The normalized spacial score (nSPS) is 15.2. The molecule has 1 aliphatic carbocycles. The molecule has 2 aliphatic heterocycles. The fourth-order valence-electron chi connectivity index (χ4n) is 13.1. The third-order valence-corrected chi connectivity index (χ3v) is 20.7. The van der Waals surface area contributed by atoms with Crippen LogP contribution in [0, 0.1) is 11.6 Å². The summed E-state index contributed by atoms with van der Waals surface area (Å²) in [6, 6.07) is 26.8. The molecule has 1 saturated carbocycles. The zero-order chi connectivity index (χ0) is 67.1. The molecule has 0 spiro atoms. The van der Waals surface area contributed by atoms with Crippen molar-refractivity contribution in [1.82, 2.24) is 59.0 Å². The summed E-state index contributed by atoms with van der Waals surface area (Å²) in [6.45, 7) is 4.48. The van der Waals surface area contributed by atoms with Crippen LogP contribution in [0.15, 0.2) is 118 Å². The van der Waals surface area contributed by atoms with Crippen LogP contribution in [-0.2, 0) is 39.7 Å². The number of likely N-dealkylation sites (tertiary alicyclic amines) is 2. The first-order chi connectivity index (χ1) is 46.0. The van der Waals surface area contributed by atoms with E-state index in [0.717, 1.165) is 34.0 Å². The highest BCUT2D eigenvalue weighted by atomic mass is 32.2. The Labute approximate surface area is 545 Å². The average molecular weight is 1340 g/mol. The topological polar surface area (TPSA) is 244 Å². The number of furan rings is 2. The molecular weight excluding hydrogens is 1280 g/mol. The number of nitrogens with one attached hydrogen (secondary N) is 2. The van der Waals surface area contributed by atoms with Crippen LogP contribution >= 0.6 is 0 Å². The number of carbonyl (C=O) groups is 2. The van der Waals surface area contributed by atoms with E-state index < -0.39 is 44.1 Å². The monoisotopic (exact) mass is 1340 g/mol. The van der Waals surface area contributed by atoms with Crippen LogP contribution < -0.4 is 19.2 Å². The number of pyridine rings is 2. The maximum atomic E-state index is 15.1. The van der Waals surface area contributed by atoms with Gasteiger partial charge in [0.1, 0.15) is 63.6 Å². The average Bonchev–Trinajstić information content (AvgIpc) is 1.54. The van der Waals surface area contributed by atoms with Crippen LogP contribution in [0.4, 0.5) is 28.9 Å². The number of aromatic nitrogens is 8. The molecule has 13 aromatic rings. The molecule has 3 fully saturated rings. The predicted octanol–water partition coefficient (Wildman–Crippen LogP) is 10.8. The Kier molecular flexibility index (Phi) is 15.0. The number of aryl methyl sites for hydroxylation is 1. The van der Waals surface area contributed by atoms with Crippen molar-refractivity contribution in [2.45, 2.75) is 57.7 Å². The Morgan fingerprint density at radius 3 is 1.51 bits per heavy atom. The van der Waals surface area contributed by atoms with Crippen molar-refractivity contribution < 1.29 is 52.8 Å². The van der Waals surface area contributed by atoms with Crippen molar-refractivity contribution in [1.29, 1.82) is 0 Å². The highest BCUT2D eigenvalue weighted by molar-refractivity contribution is 7.92. The van der Waals surface area contributed by atoms with E-state index in [0.29, 0.717) is 179 Å². The Morgan fingerprint density at radius 2 is 1.07 bits per heavy atom. The van der Waals surface area contributed by atoms with Gasteiger partial charge in [-0.05, 0) is 92.6 Å². The summed E-state index contributed by atoms with van der Waals surface area (Å²) in [6.07, 6.45) is 5.62. The molecule has 0 unspecified atom stereocenters. The van der Waals surface area contributed by atoms with Gasteiger partial charge in [-0.3, -0.25) is 41.5 Å². The smallest absolute Gasteiger partial charge is 0.255 e. The molecular formula is C68H62F4N14O8S2. The second kappa shape index (κ2) is 23.1. The van der Waals surface area contributed by atoms with Crippen LogP contribution in [-0.4, -0.2) is 156 Å². The molecule has 11 heterocycles. The SMILES string of the molecule is CCn1cc(-c2oc3cc(N(C)S(C)(=O)=O)c(-c4ccc5nc(CN6CC(F)C6)n6c7cccc(F)c7cc6c5n4)cc3c2C(=O)NC)cn1.CNC(=O)c1c(C2CC2)oc2cc(N(C)S(C)(=O)=O)c(-c3ccc4nc(CN5CC(F)C5)n5c6cccc(F)c6cc5c4n3)cc12. The number of sulfonamides is 2. The van der Waals surface area contributed by atoms with Crippen LogP contribution in [0.25, 0.3) is 111 Å². The van der Waals surface area contributed by atoms with Gasteiger partial charge in [0.2, 0.25) is 20.0 Å². The zero-order valence-corrected chi connectivity index (χ0v) is 54.6. The van der Waals surface area contributed by atoms with Gasteiger partial charge in [0.25, 0.3) is 11.8 Å². The lowest BCUT2D eigenvalue weighted by molar-refractivity contribution is 0.0566. The molecule has 3 aliphatic rings. The second-order valence-electron chi connectivity index (χ2n) is 24.7. The van der Waals surface area contributed by atoms with E-state index in [-0.39, 0.29) is 34.7 Å². The number of hydrogen-bond donors (Lipinski definition) is 2. The molecule has 4 aromatic carbocycles. The molecule has 2 amide bonds. The Hall–Kier alpha value is -10.0. The number of rotatable bonds is 15. The van der Waals surface area contributed by atoms with Gasteiger partial charge in [0.05, 0.1) is 104 Å². The number of amides is 2. The summed E-state index contributed by atoms with van der Waals surface area (Å²) < 4.78 is 129. The van der Waals surface area contributed by atoms with E-state index in [1.54, 1.807) is 103 Å². The number of anilines is 2. The largest absolute Gasteiger partial charge is 0.460 e. The van der Waals surface area contributed by atoms with E-state index >= 15 is 8.78 Å². The number of halogens is 4. The molecule has 0 radical (unpaired) electrons.